The highest BCUT2D eigenvalue weighted by Gasteiger charge is 2.04. The van der Waals surface area contributed by atoms with Gasteiger partial charge in [-0.15, -0.1) is 0 Å². The van der Waals surface area contributed by atoms with Crippen molar-refractivity contribution in [2.75, 3.05) is 32.1 Å². The Bertz CT molecular complexity index is 762. The maximum absolute atomic E-state index is 10.7. The van der Waals surface area contributed by atoms with Gasteiger partial charge < -0.3 is 20.7 Å². The number of non-ortho nitro benzene ring substituents is 1. The number of aliphatic imine (C=N–C) groups is 1. The number of para-hydroxylation sites is 1. The molecule has 0 heterocycles. The number of hydrogen-bond acceptors (Lipinski definition) is 5. The monoisotopic (exact) mass is 371 g/mol. The van der Waals surface area contributed by atoms with E-state index < -0.39 is 4.92 Å². The van der Waals surface area contributed by atoms with Crippen molar-refractivity contribution in [1.29, 1.82) is 0 Å². The summed E-state index contributed by atoms with van der Waals surface area (Å²) in [6.45, 7) is 4.57. The van der Waals surface area contributed by atoms with Crippen LogP contribution in [0.15, 0.2) is 53.5 Å². The van der Waals surface area contributed by atoms with Gasteiger partial charge in [0.15, 0.2) is 5.96 Å². The molecule has 0 bridgehead atoms. The van der Waals surface area contributed by atoms with E-state index in [1.165, 1.54) is 12.1 Å². The van der Waals surface area contributed by atoms with E-state index in [-0.39, 0.29) is 5.69 Å². The van der Waals surface area contributed by atoms with Gasteiger partial charge in [0, 0.05) is 43.0 Å². The number of benzene rings is 2. The zero-order chi connectivity index (χ0) is 19.5. The molecule has 2 rings (SSSR count). The van der Waals surface area contributed by atoms with Crippen LogP contribution in [0, 0.1) is 10.1 Å². The van der Waals surface area contributed by atoms with Crippen LogP contribution in [0.4, 0.5) is 11.4 Å². The van der Waals surface area contributed by atoms with Crippen molar-refractivity contribution < 1.29 is 9.66 Å². The lowest BCUT2D eigenvalue weighted by atomic mass is 10.2. The van der Waals surface area contributed by atoms with Crippen molar-refractivity contribution in [2.24, 2.45) is 4.99 Å². The lowest BCUT2D eigenvalue weighted by molar-refractivity contribution is -0.384. The standard InChI is InChI=1S/C19H25N5O3/c1-3-20-19(23-14-15-6-4-5-7-18(15)27-2)22-13-12-21-16-8-10-17(11-9-16)24(25)26/h4-11,21H,3,12-14H2,1-2H3,(H2,20,22,23). The van der Waals surface area contributed by atoms with E-state index in [1.54, 1.807) is 19.2 Å². The van der Waals surface area contributed by atoms with Gasteiger partial charge in [0.25, 0.3) is 5.69 Å². The Kier molecular flexibility index (Phi) is 7.90. The Morgan fingerprint density at radius 2 is 1.85 bits per heavy atom. The number of rotatable bonds is 9. The molecule has 144 valence electrons. The Hall–Kier alpha value is -3.29. The van der Waals surface area contributed by atoms with Crippen LogP contribution in [0.1, 0.15) is 12.5 Å². The molecule has 0 spiro atoms. The molecule has 0 aliphatic carbocycles. The average Bonchev–Trinajstić information content (AvgIpc) is 2.69. The van der Waals surface area contributed by atoms with Gasteiger partial charge >= 0.3 is 0 Å². The molecule has 8 nitrogen and oxygen atoms in total. The van der Waals surface area contributed by atoms with Crippen molar-refractivity contribution in [3.8, 4) is 5.75 Å². The average molecular weight is 371 g/mol. The largest absolute Gasteiger partial charge is 0.496 e. The number of hydrogen-bond donors (Lipinski definition) is 3. The Morgan fingerprint density at radius 3 is 2.52 bits per heavy atom. The second kappa shape index (κ2) is 10.6. The van der Waals surface area contributed by atoms with Crippen molar-refractivity contribution in [1.82, 2.24) is 10.6 Å². The van der Waals surface area contributed by atoms with Crippen LogP contribution in [-0.4, -0.2) is 37.6 Å². The van der Waals surface area contributed by atoms with Crippen LogP contribution in [0.2, 0.25) is 0 Å². The van der Waals surface area contributed by atoms with Crippen molar-refractivity contribution in [2.45, 2.75) is 13.5 Å². The molecule has 0 aliphatic heterocycles. The molecule has 0 saturated heterocycles. The normalized spacial score (nSPS) is 11.0. The van der Waals surface area contributed by atoms with E-state index in [1.807, 2.05) is 31.2 Å². The number of nitro benzene ring substituents is 1. The number of nitrogens with zero attached hydrogens (tertiary/aromatic N) is 2. The third kappa shape index (κ3) is 6.50. The second-order valence-corrected chi connectivity index (χ2v) is 5.66. The zero-order valence-electron chi connectivity index (χ0n) is 15.6. The third-order valence-corrected chi connectivity index (χ3v) is 3.77. The number of guanidine groups is 1. The Balaban J connectivity index is 1.84. The number of anilines is 1. The van der Waals surface area contributed by atoms with E-state index in [4.69, 9.17) is 4.74 Å². The second-order valence-electron chi connectivity index (χ2n) is 5.66. The fraction of sp³-hybridized carbons (Fsp3) is 0.316. The summed E-state index contributed by atoms with van der Waals surface area (Å²) in [7, 11) is 1.65. The van der Waals surface area contributed by atoms with Crippen LogP contribution < -0.4 is 20.7 Å². The lowest BCUT2D eigenvalue weighted by Crippen LogP contribution is -2.39. The van der Waals surface area contributed by atoms with Crippen LogP contribution >= 0.6 is 0 Å². The summed E-state index contributed by atoms with van der Waals surface area (Å²) in [6, 6.07) is 14.1. The summed E-state index contributed by atoms with van der Waals surface area (Å²) in [5, 5.41) is 20.3. The van der Waals surface area contributed by atoms with Gasteiger partial charge in [-0.05, 0) is 25.1 Å². The molecule has 8 heteroatoms. The Labute approximate surface area is 158 Å². The van der Waals surface area contributed by atoms with E-state index >= 15 is 0 Å². The zero-order valence-corrected chi connectivity index (χ0v) is 15.6. The Morgan fingerprint density at radius 1 is 1.11 bits per heavy atom. The molecule has 0 atom stereocenters. The molecule has 0 amide bonds. The SMILES string of the molecule is CCNC(=NCc1ccccc1OC)NCCNc1ccc([N+](=O)[O-])cc1. The van der Waals surface area contributed by atoms with Gasteiger partial charge in [0.2, 0.25) is 0 Å². The molecule has 3 N–H and O–H groups in total. The predicted molar refractivity (Wildman–Crippen MR) is 107 cm³/mol. The van der Waals surface area contributed by atoms with E-state index in [0.717, 1.165) is 23.5 Å². The van der Waals surface area contributed by atoms with Gasteiger partial charge in [-0.2, -0.15) is 0 Å². The summed E-state index contributed by atoms with van der Waals surface area (Å²) >= 11 is 0. The minimum atomic E-state index is -0.410. The molecule has 2 aromatic carbocycles. The quantitative estimate of drug-likeness (QED) is 0.206. The topological polar surface area (TPSA) is 101 Å². The third-order valence-electron chi connectivity index (χ3n) is 3.77. The maximum Gasteiger partial charge on any atom is 0.269 e. The molecular formula is C19H25N5O3. The smallest absolute Gasteiger partial charge is 0.269 e. The van der Waals surface area contributed by atoms with Crippen molar-refractivity contribution >= 4 is 17.3 Å². The highest BCUT2D eigenvalue weighted by atomic mass is 16.6. The van der Waals surface area contributed by atoms with Gasteiger partial charge in [0.05, 0.1) is 18.6 Å². The van der Waals surface area contributed by atoms with Crippen molar-refractivity contribution in [3.63, 3.8) is 0 Å². The van der Waals surface area contributed by atoms with Crippen LogP contribution in [0.5, 0.6) is 5.75 Å². The summed E-state index contributed by atoms with van der Waals surface area (Å²) in [4.78, 5) is 14.8. The molecular weight excluding hydrogens is 346 g/mol. The summed E-state index contributed by atoms with van der Waals surface area (Å²) < 4.78 is 5.35. The lowest BCUT2D eigenvalue weighted by Gasteiger charge is -2.13. The number of nitrogens with one attached hydrogen (secondary N) is 3. The highest BCUT2D eigenvalue weighted by Crippen LogP contribution is 2.18. The molecule has 0 aliphatic rings. The molecule has 0 saturated carbocycles. The minimum absolute atomic E-state index is 0.0802. The first kappa shape index (κ1) is 20.0. The summed E-state index contributed by atoms with van der Waals surface area (Å²) in [6.07, 6.45) is 0. The van der Waals surface area contributed by atoms with Crippen LogP contribution in [0.25, 0.3) is 0 Å². The first-order valence-electron chi connectivity index (χ1n) is 8.76. The maximum atomic E-state index is 10.7. The summed E-state index contributed by atoms with van der Waals surface area (Å²) in [5.74, 6) is 1.53. The molecule has 0 aromatic heterocycles. The van der Waals surface area contributed by atoms with Gasteiger partial charge in [-0.3, -0.25) is 10.1 Å². The first-order valence-corrected chi connectivity index (χ1v) is 8.76. The van der Waals surface area contributed by atoms with Gasteiger partial charge in [-0.1, -0.05) is 18.2 Å². The fourth-order valence-corrected chi connectivity index (χ4v) is 2.43. The molecule has 2 aromatic rings. The molecule has 27 heavy (non-hydrogen) atoms. The number of methoxy groups -OCH3 is 1. The van der Waals surface area contributed by atoms with E-state index in [9.17, 15) is 10.1 Å². The summed E-state index contributed by atoms with van der Waals surface area (Å²) in [5.41, 5.74) is 1.93. The van der Waals surface area contributed by atoms with E-state index in [2.05, 4.69) is 20.9 Å². The van der Waals surface area contributed by atoms with Crippen molar-refractivity contribution in [3.05, 3.63) is 64.2 Å². The minimum Gasteiger partial charge on any atom is -0.496 e. The molecule has 0 fully saturated rings. The van der Waals surface area contributed by atoms with Crippen LogP contribution in [0.3, 0.4) is 0 Å². The predicted octanol–water partition coefficient (Wildman–Crippen LogP) is 2.77. The molecule has 0 radical (unpaired) electrons. The fourth-order valence-electron chi connectivity index (χ4n) is 2.43. The van der Waals surface area contributed by atoms with Gasteiger partial charge in [0.1, 0.15) is 5.75 Å². The number of nitro groups is 1. The first-order chi connectivity index (χ1) is 13.1. The molecule has 0 unspecified atom stereocenters. The number of ether oxygens (including phenoxy) is 1. The van der Waals surface area contributed by atoms with Crippen LogP contribution in [-0.2, 0) is 6.54 Å². The highest BCUT2D eigenvalue weighted by molar-refractivity contribution is 5.79. The van der Waals surface area contributed by atoms with Gasteiger partial charge in [-0.25, -0.2) is 4.99 Å². The van der Waals surface area contributed by atoms with E-state index in [0.29, 0.717) is 25.6 Å².